The number of hydrogen-bond acceptors (Lipinski definition) is 4. The molecule has 0 aliphatic carbocycles. The first kappa shape index (κ1) is 18.0. The molecule has 27 heavy (non-hydrogen) atoms. The number of aromatic nitrogens is 1. The molecule has 8 heteroatoms. The molecule has 0 unspecified atom stereocenters. The SMILES string of the molecule is O=C(Cc1ccc(F)cc1)N/N=C/c1cccn1-c1cccc([N+](=O)[O-])c1. The molecule has 2 aromatic carbocycles. The molecule has 1 N–H and O–H groups in total. The average Bonchev–Trinajstić information content (AvgIpc) is 3.12. The molecule has 1 amide bonds. The topological polar surface area (TPSA) is 89.5 Å². The van der Waals surface area contributed by atoms with Crippen molar-refractivity contribution in [2.45, 2.75) is 6.42 Å². The van der Waals surface area contributed by atoms with Gasteiger partial charge in [-0.15, -0.1) is 0 Å². The van der Waals surface area contributed by atoms with Gasteiger partial charge in [-0.25, -0.2) is 9.82 Å². The maximum atomic E-state index is 12.9. The largest absolute Gasteiger partial charge is 0.315 e. The highest BCUT2D eigenvalue weighted by atomic mass is 19.1. The minimum atomic E-state index is -0.462. The smallest absolute Gasteiger partial charge is 0.271 e. The van der Waals surface area contributed by atoms with E-state index >= 15 is 0 Å². The summed E-state index contributed by atoms with van der Waals surface area (Å²) in [5, 5.41) is 14.8. The summed E-state index contributed by atoms with van der Waals surface area (Å²) in [7, 11) is 0. The standard InChI is InChI=1S/C19H15FN4O3/c20-15-8-6-14(7-9-15)11-19(25)22-21-13-18-5-2-10-23(18)16-3-1-4-17(12-16)24(26)27/h1-10,12-13H,11H2,(H,22,25)/b21-13+. The number of nitrogens with zero attached hydrogens (tertiary/aromatic N) is 3. The second-order valence-electron chi connectivity index (χ2n) is 5.68. The Bertz CT molecular complexity index is 996. The molecule has 1 aromatic heterocycles. The van der Waals surface area contributed by atoms with Crippen LogP contribution in [0.15, 0.2) is 72.0 Å². The first-order valence-electron chi connectivity index (χ1n) is 8.01. The summed E-state index contributed by atoms with van der Waals surface area (Å²) in [6.07, 6.45) is 3.26. The van der Waals surface area contributed by atoms with Gasteiger partial charge in [-0.05, 0) is 35.9 Å². The number of rotatable bonds is 6. The Morgan fingerprint density at radius 2 is 1.96 bits per heavy atom. The summed E-state index contributed by atoms with van der Waals surface area (Å²) < 4.78 is 14.6. The van der Waals surface area contributed by atoms with Gasteiger partial charge in [0.1, 0.15) is 5.82 Å². The summed E-state index contributed by atoms with van der Waals surface area (Å²) in [6.45, 7) is 0. The van der Waals surface area contributed by atoms with Gasteiger partial charge in [-0.1, -0.05) is 18.2 Å². The van der Waals surface area contributed by atoms with Crippen molar-refractivity contribution in [2.75, 3.05) is 0 Å². The van der Waals surface area contributed by atoms with Crippen LogP contribution in [0.5, 0.6) is 0 Å². The number of benzene rings is 2. The molecule has 0 saturated heterocycles. The van der Waals surface area contributed by atoms with Crippen LogP contribution in [-0.2, 0) is 11.2 Å². The van der Waals surface area contributed by atoms with Gasteiger partial charge in [0, 0.05) is 18.3 Å². The lowest BCUT2D eigenvalue weighted by molar-refractivity contribution is -0.384. The van der Waals surface area contributed by atoms with Crippen molar-refractivity contribution in [1.82, 2.24) is 9.99 Å². The third-order valence-corrected chi connectivity index (χ3v) is 3.76. The number of amides is 1. The van der Waals surface area contributed by atoms with Gasteiger partial charge in [0.15, 0.2) is 0 Å². The Kier molecular flexibility index (Phi) is 5.36. The van der Waals surface area contributed by atoms with Gasteiger partial charge in [-0.2, -0.15) is 5.10 Å². The van der Waals surface area contributed by atoms with Crippen LogP contribution in [0.4, 0.5) is 10.1 Å². The first-order chi connectivity index (χ1) is 13.0. The number of nitrogens with one attached hydrogen (secondary N) is 1. The fraction of sp³-hybridized carbons (Fsp3) is 0.0526. The molecule has 0 radical (unpaired) electrons. The van der Waals surface area contributed by atoms with Gasteiger partial charge >= 0.3 is 0 Å². The van der Waals surface area contributed by atoms with Crippen molar-refractivity contribution in [3.05, 3.63) is 94.0 Å². The van der Waals surface area contributed by atoms with Crippen LogP contribution in [-0.4, -0.2) is 21.6 Å². The second kappa shape index (κ2) is 8.05. The zero-order valence-corrected chi connectivity index (χ0v) is 14.1. The predicted molar refractivity (Wildman–Crippen MR) is 98.3 cm³/mol. The third kappa shape index (κ3) is 4.63. The van der Waals surface area contributed by atoms with E-state index < -0.39 is 4.92 Å². The van der Waals surface area contributed by atoms with E-state index in [1.54, 1.807) is 35.0 Å². The Labute approximate surface area is 153 Å². The molecule has 136 valence electrons. The van der Waals surface area contributed by atoms with E-state index in [2.05, 4.69) is 10.5 Å². The monoisotopic (exact) mass is 366 g/mol. The van der Waals surface area contributed by atoms with E-state index in [-0.39, 0.29) is 23.8 Å². The summed E-state index contributed by atoms with van der Waals surface area (Å²) in [5.74, 6) is -0.703. The van der Waals surface area contributed by atoms with Crippen molar-refractivity contribution in [2.24, 2.45) is 5.10 Å². The van der Waals surface area contributed by atoms with Crippen LogP contribution in [0.2, 0.25) is 0 Å². The van der Waals surface area contributed by atoms with Gasteiger partial charge in [-0.3, -0.25) is 14.9 Å². The summed E-state index contributed by atoms with van der Waals surface area (Å²) >= 11 is 0. The van der Waals surface area contributed by atoms with E-state index in [1.807, 2.05) is 0 Å². The minimum absolute atomic E-state index is 0.0170. The number of nitro groups is 1. The fourth-order valence-corrected chi connectivity index (χ4v) is 2.49. The zero-order chi connectivity index (χ0) is 19.2. The molecular formula is C19H15FN4O3. The van der Waals surface area contributed by atoms with Gasteiger partial charge in [0.05, 0.1) is 28.9 Å². The Morgan fingerprint density at radius 1 is 1.19 bits per heavy atom. The zero-order valence-electron chi connectivity index (χ0n) is 14.1. The van der Waals surface area contributed by atoms with Crippen LogP contribution in [0.3, 0.4) is 0 Å². The Morgan fingerprint density at radius 3 is 2.70 bits per heavy atom. The van der Waals surface area contributed by atoms with Crippen molar-refractivity contribution >= 4 is 17.8 Å². The van der Waals surface area contributed by atoms with Crippen molar-refractivity contribution < 1.29 is 14.1 Å². The average molecular weight is 366 g/mol. The highest BCUT2D eigenvalue weighted by molar-refractivity contribution is 5.82. The molecule has 3 aromatic rings. The normalized spacial score (nSPS) is 10.9. The molecule has 0 bridgehead atoms. The number of carbonyl (C=O) groups is 1. The van der Waals surface area contributed by atoms with Crippen LogP contribution in [0, 0.1) is 15.9 Å². The van der Waals surface area contributed by atoms with E-state index in [9.17, 15) is 19.3 Å². The van der Waals surface area contributed by atoms with Gasteiger partial charge in [0.2, 0.25) is 5.91 Å². The quantitative estimate of drug-likeness (QED) is 0.413. The van der Waals surface area contributed by atoms with Crippen LogP contribution < -0.4 is 5.43 Å². The number of halogens is 1. The molecule has 1 heterocycles. The molecular weight excluding hydrogens is 351 g/mol. The van der Waals surface area contributed by atoms with Crippen molar-refractivity contribution in [1.29, 1.82) is 0 Å². The Hall–Kier alpha value is -3.81. The Balaban J connectivity index is 1.67. The van der Waals surface area contributed by atoms with E-state index in [0.717, 1.165) is 0 Å². The lowest BCUT2D eigenvalue weighted by Crippen LogP contribution is -2.20. The fourth-order valence-electron chi connectivity index (χ4n) is 2.49. The molecule has 3 rings (SSSR count). The van der Waals surface area contributed by atoms with Crippen molar-refractivity contribution in [3.8, 4) is 5.69 Å². The van der Waals surface area contributed by atoms with Crippen LogP contribution in [0.1, 0.15) is 11.3 Å². The van der Waals surface area contributed by atoms with Crippen molar-refractivity contribution in [3.63, 3.8) is 0 Å². The lowest BCUT2D eigenvalue weighted by Gasteiger charge is -2.06. The number of carbonyl (C=O) groups excluding carboxylic acids is 1. The number of non-ortho nitro benzene ring substituents is 1. The van der Waals surface area contributed by atoms with E-state index in [4.69, 9.17) is 0 Å². The minimum Gasteiger partial charge on any atom is -0.315 e. The maximum Gasteiger partial charge on any atom is 0.271 e. The number of nitro benzene ring substituents is 1. The molecule has 0 spiro atoms. The van der Waals surface area contributed by atoms with Gasteiger partial charge < -0.3 is 4.57 Å². The van der Waals surface area contributed by atoms with E-state index in [1.165, 1.54) is 42.6 Å². The van der Waals surface area contributed by atoms with Crippen LogP contribution in [0.25, 0.3) is 5.69 Å². The molecule has 7 nitrogen and oxygen atoms in total. The second-order valence-corrected chi connectivity index (χ2v) is 5.68. The summed E-state index contributed by atoms with van der Waals surface area (Å²) in [4.78, 5) is 22.4. The summed E-state index contributed by atoms with van der Waals surface area (Å²) in [6, 6.07) is 15.4. The molecule has 0 saturated carbocycles. The highest BCUT2D eigenvalue weighted by Gasteiger charge is 2.08. The first-order valence-corrected chi connectivity index (χ1v) is 8.01. The number of hydrazone groups is 1. The lowest BCUT2D eigenvalue weighted by atomic mass is 10.1. The molecule has 0 atom stereocenters. The summed E-state index contributed by atoms with van der Waals surface area (Å²) in [5.41, 5.74) is 4.30. The number of hydrogen-bond donors (Lipinski definition) is 1. The van der Waals surface area contributed by atoms with Gasteiger partial charge in [0.25, 0.3) is 5.69 Å². The predicted octanol–water partition coefficient (Wildman–Crippen LogP) is 3.22. The third-order valence-electron chi connectivity index (χ3n) is 3.76. The van der Waals surface area contributed by atoms with E-state index in [0.29, 0.717) is 16.9 Å². The molecule has 0 aliphatic rings. The molecule has 0 aliphatic heterocycles. The molecule has 0 fully saturated rings. The highest BCUT2D eigenvalue weighted by Crippen LogP contribution is 2.18. The maximum absolute atomic E-state index is 12.9. The van der Waals surface area contributed by atoms with Crippen LogP contribution >= 0.6 is 0 Å².